The topological polar surface area (TPSA) is 79.0 Å². The van der Waals surface area contributed by atoms with Gasteiger partial charge in [0.05, 0.1) is 6.04 Å². The number of amides is 3. The molecule has 0 spiro atoms. The van der Waals surface area contributed by atoms with E-state index < -0.39 is 34.7 Å². The first-order chi connectivity index (χ1) is 15.3. The predicted molar refractivity (Wildman–Crippen MR) is 119 cm³/mol. The van der Waals surface area contributed by atoms with Crippen molar-refractivity contribution in [1.82, 2.24) is 15.1 Å². The van der Waals surface area contributed by atoms with Crippen molar-refractivity contribution in [3.63, 3.8) is 0 Å². The van der Waals surface area contributed by atoms with E-state index in [2.05, 4.69) is 5.32 Å². The number of fused-ring (bicyclic) bond motifs is 1. The molecular formula is C23H30ClF2N3O4. The zero-order valence-electron chi connectivity index (χ0n) is 19.3. The SMILES string of the molecule is Cc1cc(F)c(CC(CC(=O)N2CCC3CN(C(=O)Cl)CC32)NC(=O)OC(C)(C)C)cc1F. The molecule has 2 saturated heterocycles. The van der Waals surface area contributed by atoms with Crippen molar-refractivity contribution in [3.8, 4) is 0 Å². The fraction of sp³-hybridized carbons (Fsp3) is 0.609. The summed E-state index contributed by atoms with van der Waals surface area (Å²) in [5, 5.41) is 2.10. The number of carbonyl (C=O) groups excluding carboxylic acids is 3. The average molecular weight is 486 g/mol. The van der Waals surface area contributed by atoms with Crippen LogP contribution in [0.5, 0.6) is 0 Å². The van der Waals surface area contributed by atoms with E-state index >= 15 is 0 Å². The summed E-state index contributed by atoms with van der Waals surface area (Å²) in [6.07, 6.45) is -0.194. The number of ether oxygens (including phenoxy) is 1. The molecule has 0 radical (unpaired) electrons. The van der Waals surface area contributed by atoms with Gasteiger partial charge >= 0.3 is 11.5 Å². The maximum absolute atomic E-state index is 14.5. The van der Waals surface area contributed by atoms with Gasteiger partial charge in [-0.2, -0.15) is 0 Å². The van der Waals surface area contributed by atoms with Crippen LogP contribution in [0.4, 0.5) is 18.4 Å². The molecule has 1 N–H and O–H groups in total. The number of hydrogen-bond acceptors (Lipinski definition) is 4. The van der Waals surface area contributed by atoms with E-state index in [9.17, 15) is 23.2 Å². The van der Waals surface area contributed by atoms with Crippen LogP contribution in [0.25, 0.3) is 0 Å². The maximum Gasteiger partial charge on any atom is 0.407 e. The number of nitrogens with zero attached hydrogens (tertiary/aromatic N) is 2. The minimum Gasteiger partial charge on any atom is -0.444 e. The third-order valence-corrected chi connectivity index (χ3v) is 6.29. The average Bonchev–Trinajstić information content (AvgIpc) is 3.25. The number of alkyl carbamates (subject to hydrolysis) is 1. The lowest BCUT2D eigenvalue weighted by atomic mass is 10.00. The van der Waals surface area contributed by atoms with Crippen LogP contribution in [-0.4, -0.2) is 64.5 Å². The molecule has 3 rings (SSSR count). The van der Waals surface area contributed by atoms with E-state index in [-0.39, 0.29) is 41.8 Å². The maximum atomic E-state index is 14.5. The van der Waals surface area contributed by atoms with Crippen molar-refractivity contribution < 1.29 is 27.9 Å². The summed E-state index contributed by atoms with van der Waals surface area (Å²) < 4.78 is 33.8. The van der Waals surface area contributed by atoms with Gasteiger partial charge in [-0.1, -0.05) is 0 Å². The molecule has 0 aromatic heterocycles. The van der Waals surface area contributed by atoms with Gasteiger partial charge in [0.1, 0.15) is 17.2 Å². The molecule has 7 nitrogen and oxygen atoms in total. The first kappa shape index (κ1) is 25.2. The van der Waals surface area contributed by atoms with Gasteiger partial charge in [-0.15, -0.1) is 0 Å². The second-order valence-corrected chi connectivity index (χ2v) is 10.1. The summed E-state index contributed by atoms with van der Waals surface area (Å²) in [6.45, 7) is 7.97. The van der Waals surface area contributed by atoms with E-state index in [1.165, 1.54) is 11.8 Å². The third kappa shape index (κ3) is 6.34. The Morgan fingerprint density at radius 3 is 2.55 bits per heavy atom. The number of halogens is 3. The molecule has 2 aliphatic heterocycles. The lowest BCUT2D eigenvalue weighted by Gasteiger charge is -2.28. The molecule has 3 unspecified atom stereocenters. The zero-order valence-corrected chi connectivity index (χ0v) is 20.0. The fourth-order valence-electron chi connectivity index (χ4n) is 4.50. The summed E-state index contributed by atoms with van der Waals surface area (Å²) in [4.78, 5) is 40.3. The molecule has 1 aromatic carbocycles. The van der Waals surface area contributed by atoms with Gasteiger partial charge in [-0.25, -0.2) is 13.6 Å². The number of nitrogens with one attached hydrogen (secondary N) is 1. The van der Waals surface area contributed by atoms with Crippen LogP contribution in [-0.2, 0) is 16.0 Å². The number of likely N-dealkylation sites (tertiary alicyclic amines) is 2. The first-order valence-electron chi connectivity index (χ1n) is 11.0. The Labute approximate surface area is 197 Å². The van der Waals surface area contributed by atoms with Crippen LogP contribution in [0.1, 0.15) is 44.7 Å². The van der Waals surface area contributed by atoms with Gasteiger partial charge in [0.2, 0.25) is 5.91 Å². The molecule has 33 heavy (non-hydrogen) atoms. The Kier molecular flexibility index (Phi) is 7.51. The van der Waals surface area contributed by atoms with Gasteiger partial charge in [0.25, 0.3) is 0 Å². The van der Waals surface area contributed by atoms with Gasteiger partial charge in [-0.05, 0) is 75.4 Å². The van der Waals surface area contributed by atoms with Crippen LogP contribution in [0.3, 0.4) is 0 Å². The normalized spacial score (nSPS) is 21.1. The Hall–Kier alpha value is -2.42. The monoisotopic (exact) mass is 485 g/mol. The van der Waals surface area contributed by atoms with E-state index in [1.807, 2.05) is 0 Å². The van der Waals surface area contributed by atoms with E-state index in [1.54, 1.807) is 25.7 Å². The van der Waals surface area contributed by atoms with Crippen molar-refractivity contribution in [2.75, 3.05) is 19.6 Å². The number of hydrogen-bond donors (Lipinski definition) is 1. The van der Waals surface area contributed by atoms with E-state index in [4.69, 9.17) is 16.3 Å². The quantitative estimate of drug-likeness (QED) is 0.505. The smallest absolute Gasteiger partial charge is 0.407 e. The fourth-order valence-corrected chi connectivity index (χ4v) is 4.64. The van der Waals surface area contributed by atoms with Crippen molar-refractivity contribution in [2.45, 2.75) is 64.6 Å². The van der Waals surface area contributed by atoms with Crippen LogP contribution >= 0.6 is 11.6 Å². The zero-order chi connectivity index (χ0) is 24.5. The van der Waals surface area contributed by atoms with Crippen molar-refractivity contribution in [2.24, 2.45) is 5.92 Å². The molecule has 2 heterocycles. The Morgan fingerprint density at radius 1 is 1.21 bits per heavy atom. The highest BCUT2D eigenvalue weighted by atomic mass is 35.5. The van der Waals surface area contributed by atoms with Gasteiger partial charge in [0, 0.05) is 38.0 Å². The molecule has 3 atom stereocenters. The summed E-state index contributed by atoms with van der Waals surface area (Å²) in [5.74, 6) is -1.25. The van der Waals surface area contributed by atoms with Crippen molar-refractivity contribution in [3.05, 3.63) is 34.9 Å². The van der Waals surface area contributed by atoms with Gasteiger partial charge in [0.15, 0.2) is 0 Å². The van der Waals surface area contributed by atoms with Gasteiger partial charge < -0.3 is 19.9 Å². The highest BCUT2D eigenvalue weighted by molar-refractivity contribution is 6.62. The Bertz CT molecular complexity index is 937. The van der Waals surface area contributed by atoms with Crippen LogP contribution in [0.15, 0.2) is 12.1 Å². The summed E-state index contributed by atoms with van der Waals surface area (Å²) in [5.41, 5.74) is -0.526. The van der Waals surface area contributed by atoms with Crippen LogP contribution in [0, 0.1) is 24.5 Å². The summed E-state index contributed by atoms with van der Waals surface area (Å²) >= 11 is 5.60. The lowest BCUT2D eigenvalue weighted by molar-refractivity contribution is -0.132. The minimum absolute atomic E-state index is 0.0611. The van der Waals surface area contributed by atoms with E-state index in [0.29, 0.717) is 19.6 Å². The molecule has 1 aromatic rings. The molecule has 2 aliphatic rings. The number of benzene rings is 1. The molecule has 0 bridgehead atoms. The summed E-state index contributed by atoms with van der Waals surface area (Å²) in [6, 6.07) is 1.23. The minimum atomic E-state index is -0.810. The van der Waals surface area contributed by atoms with Crippen LogP contribution < -0.4 is 5.32 Å². The second-order valence-electron chi connectivity index (χ2n) is 9.81. The Balaban J connectivity index is 1.75. The molecule has 0 saturated carbocycles. The molecule has 182 valence electrons. The number of aryl methyl sites for hydroxylation is 1. The molecule has 2 fully saturated rings. The summed E-state index contributed by atoms with van der Waals surface area (Å²) in [7, 11) is 0. The van der Waals surface area contributed by atoms with E-state index in [0.717, 1.165) is 18.6 Å². The first-order valence-corrected chi connectivity index (χ1v) is 11.4. The van der Waals surface area contributed by atoms with Gasteiger partial charge in [-0.3, -0.25) is 9.59 Å². The largest absolute Gasteiger partial charge is 0.444 e. The highest BCUT2D eigenvalue weighted by Gasteiger charge is 2.44. The number of carbonyl (C=O) groups is 3. The van der Waals surface area contributed by atoms with Crippen molar-refractivity contribution >= 4 is 29.0 Å². The standard InChI is InChI=1S/C23H30ClF2N3O4/c1-13-7-18(26)15(9-17(13)25)8-16(27-22(32)33-23(2,3)4)10-20(30)29-6-5-14-11-28(21(24)31)12-19(14)29/h7,9,14,16,19H,5-6,8,10-12H2,1-4H3,(H,27,32). The second kappa shape index (κ2) is 9.83. The molecular weight excluding hydrogens is 456 g/mol. The number of rotatable bonds is 5. The predicted octanol–water partition coefficient (Wildman–Crippen LogP) is 3.99. The Morgan fingerprint density at radius 2 is 1.91 bits per heavy atom. The molecule has 3 amide bonds. The van der Waals surface area contributed by atoms with Crippen molar-refractivity contribution in [1.29, 1.82) is 0 Å². The molecule has 0 aliphatic carbocycles. The lowest BCUT2D eigenvalue weighted by Crippen LogP contribution is -2.46. The third-order valence-electron chi connectivity index (χ3n) is 6.05. The highest BCUT2D eigenvalue weighted by Crippen LogP contribution is 2.32. The molecule has 10 heteroatoms. The van der Waals surface area contributed by atoms with Crippen LogP contribution in [0.2, 0.25) is 0 Å².